The van der Waals surface area contributed by atoms with Crippen LogP contribution in [0.25, 0.3) is 6.08 Å². The first kappa shape index (κ1) is 32.1. The van der Waals surface area contributed by atoms with Crippen molar-refractivity contribution in [3.63, 3.8) is 0 Å². The molecule has 2 heterocycles. The third kappa shape index (κ3) is 8.90. The molecule has 10 nitrogen and oxygen atoms in total. The Morgan fingerprint density at radius 3 is 2.06 bits per heavy atom. The number of ether oxygens (including phenoxy) is 2. The van der Waals surface area contributed by atoms with Gasteiger partial charge in [0, 0.05) is 19.1 Å². The van der Waals surface area contributed by atoms with Gasteiger partial charge in [-0.1, -0.05) is 50.0 Å². The van der Waals surface area contributed by atoms with Gasteiger partial charge in [0.25, 0.3) is 0 Å². The smallest absolute Gasteiger partial charge is 0.147 e. The van der Waals surface area contributed by atoms with E-state index in [1.54, 1.807) is 12.1 Å². The molecular formula is C26H40O10. The summed E-state index contributed by atoms with van der Waals surface area (Å²) in [6.07, 6.45) is -5.15. The van der Waals surface area contributed by atoms with E-state index in [1.807, 2.05) is 38.1 Å². The van der Waals surface area contributed by atoms with E-state index in [4.69, 9.17) is 14.6 Å². The molecule has 2 aliphatic rings. The fourth-order valence-corrected chi connectivity index (χ4v) is 3.74. The number of hydrogen-bond acceptors (Lipinski definition) is 10. The van der Waals surface area contributed by atoms with Crippen molar-refractivity contribution >= 4 is 6.08 Å². The average molecular weight is 513 g/mol. The number of aliphatic hydroxyl groups excluding tert-OH is 8. The maximum absolute atomic E-state index is 10.1. The van der Waals surface area contributed by atoms with Crippen LogP contribution < -0.4 is 0 Å². The summed E-state index contributed by atoms with van der Waals surface area (Å²) >= 11 is 0. The molecule has 0 aromatic heterocycles. The van der Waals surface area contributed by atoms with Crippen LogP contribution in [-0.2, 0) is 9.47 Å². The number of rotatable bonds is 5. The predicted octanol–water partition coefficient (Wildman–Crippen LogP) is -1.21. The summed E-state index contributed by atoms with van der Waals surface area (Å²) in [5.41, 5.74) is 1.51. The maximum atomic E-state index is 10.1. The van der Waals surface area contributed by atoms with E-state index in [9.17, 15) is 35.7 Å². The van der Waals surface area contributed by atoms with Crippen molar-refractivity contribution in [3.8, 4) is 11.8 Å². The van der Waals surface area contributed by atoms with Crippen LogP contribution in [0.5, 0.6) is 0 Å². The van der Waals surface area contributed by atoms with Gasteiger partial charge in [0.2, 0.25) is 0 Å². The molecule has 0 bridgehead atoms. The first-order valence-electron chi connectivity index (χ1n) is 12.0. The lowest BCUT2D eigenvalue weighted by molar-refractivity contribution is -0.214. The van der Waals surface area contributed by atoms with Gasteiger partial charge >= 0.3 is 0 Å². The van der Waals surface area contributed by atoms with Gasteiger partial charge in [0.1, 0.15) is 36.6 Å². The largest absolute Gasteiger partial charge is 0.400 e. The molecule has 0 amide bonds. The summed E-state index contributed by atoms with van der Waals surface area (Å²) in [5, 5.41) is 75.0. The van der Waals surface area contributed by atoms with Gasteiger partial charge < -0.3 is 50.3 Å². The molecule has 0 radical (unpaired) electrons. The zero-order chi connectivity index (χ0) is 27.3. The van der Waals surface area contributed by atoms with Crippen LogP contribution in [-0.4, -0.2) is 116 Å². The van der Waals surface area contributed by atoms with Gasteiger partial charge in [-0.3, -0.25) is 0 Å². The summed E-state index contributed by atoms with van der Waals surface area (Å²) in [6.45, 7) is 3.28. The Balaban J connectivity index is 0.00000154. The molecule has 8 N–H and O–H groups in total. The van der Waals surface area contributed by atoms with Crippen LogP contribution in [0, 0.1) is 11.8 Å². The van der Waals surface area contributed by atoms with Gasteiger partial charge in [-0.25, -0.2) is 0 Å². The monoisotopic (exact) mass is 512 g/mol. The lowest BCUT2D eigenvalue weighted by atomic mass is 9.95. The Bertz CT molecular complexity index is 816. The number of aliphatic hydroxyl groups is 8. The molecule has 0 saturated carbocycles. The fourth-order valence-electron chi connectivity index (χ4n) is 3.74. The minimum absolute atomic E-state index is 0.198. The molecule has 10 heteroatoms. The molecule has 2 fully saturated rings. The summed E-state index contributed by atoms with van der Waals surface area (Å²) in [5.74, 6) is 5.56. The van der Waals surface area contributed by atoms with Gasteiger partial charge in [0.15, 0.2) is 0 Å². The second kappa shape index (κ2) is 16.8. The van der Waals surface area contributed by atoms with Crippen molar-refractivity contribution in [3.05, 3.63) is 41.5 Å². The highest BCUT2D eigenvalue weighted by atomic mass is 16.5. The second-order valence-electron chi connectivity index (χ2n) is 8.05. The molecule has 9 atom stereocenters. The molecule has 7 unspecified atom stereocenters. The van der Waals surface area contributed by atoms with E-state index in [-0.39, 0.29) is 13.0 Å². The Hall–Kier alpha value is -1.88. The van der Waals surface area contributed by atoms with Crippen molar-refractivity contribution < 1.29 is 50.3 Å². The lowest BCUT2D eigenvalue weighted by Gasteiger charge is -2.37. The van der Waals surface area contributed by atoms with E-state index in [0.29, 0.717) is 12.0 Å². The maximum Gasteiger partial charge on any atom is 0.147 e. The molecule has 1 aromatic carbocycles. The molecule has 36 heavy (non-hydrogen) atoms. The van der Waals surface area contributed by atoms with E-state index in [2.05, 4.69) is 11.8 Å². The van der Waals surface area contributed by atoms with Gasteiger partial charge in [0.05, 0.1) is 31.5 Å². The van der Waals surface area contributed by atoms with Crippen molar-refractivity contribution in [1.29, 1.82) is 0 Å². The Kier molecular flexibility index (Phi) is 15.0. The molecule has 3 rings (SSSR count). The van der Waals surface area contributed by atoms with Crippen LogP contribution in [0.15, 0.2) is 30.3 Å². The normalized spacial score (nSPS) is 33.9. The van der Waals surface area contributed by atoms with Crippen molar-refractivity contribution in [1.82, 2.24) is 0 Å². The van der Waals surface area contributed by atoms with Crippen molar-refractivity contribution in [2.75, 3.05) is 20.3 Å². The van der Waals surface area contributed by atoms with Crippen LogP contribution in [0.1, 0.15) is 37.8 Å². The van der Waals surface area contributed by atoms with Gasteiger partial charge in [-0.15, -0.1) is 0 Å². The first-order chi connectivity index (χ1) is 17.3. The summed E-state index contributed by atoms with van der Waals surface area (Å²) in [6, 6.07) is 7.15. The number of hydrogen-bond donors (Lipinski definition) is 8. The molecule has 2 aliphatic heterocycles. The van der Waals surface area contributed by atoms with Crippen molar-refractivity contribution in [2.24, 2.45) is 0 Å². The zero-order valence-corrected chi connectivity index (χ0v) is 20.9. The molecule has 0 spiro atoms. The third-order valence-corrected chi connectivity index (χ3v) is 5.69. The van der Waals surface area contributed by atoms with E-state index in [0.717, 1.165) is 12.7 Å². The van der Waals surface area contributed by atoms with Crippen LogP contribution in [0.3, 0.4) is 0 Å². The Labute approximate surface area is 212 Å². The molecule has 2 saturated heterocycles. The van der Waals surface area contributed by atoms with E-state index >= 15 is 0 Å². The van der Waals surface area contributed by atoms with Crippen molar-refractivity contribution in [2.45, 2.75) is 81.6 Å². The van der Waals surface area contributed by atoms with Gasteiger partial charge in [-0.05, 0) is 24.1 Å². The van der Waals surface area contributed by atoms with Crippen LogP contribution in [0.2, 0.25) is 0 Å². The molecular weight excluding hydrogens is 472 g/mol. The SMILES string of the molecule is CC.CO.OCC1CC(O)C(O)[C@@H](C/C=C/c2ccc(C#CC3OC(CO)[C@@H](O)C(O)C3O)cc2)O1. The molecule has 204 valence electrons. The topological polar surface area (TPSA) is 180 Å². The van der Waals surface area contributed by atoms with E-state index in [1.165, 1.54) is 0 Å². The number of benzene rings is 1. The fraction of sp³-hybridized carbons (Fsp3) is 0.615. The summed E-state index contributed by atoms with van der Waals surface area (Å²) < 4.78 is 11.0. The van der Waals surface area contributed by atoms with Gasteiger partial charge in [-0.2, -0.15) is 0 Å². The second-order valence-corrected chi connectivity index (χ2v) is 8.05. The first-order valence-corrected chi connectivity index (χ1v) is 12.0. The Morgan fingerprint density at radius 2 is 1.47 bits per heavy atom. The minimum atomic E-state index is -1.46. The summed E-state index contributed by atoms with van der Waals surface area (Å²) in [7, 11) is 1.00. The zero-order valence-electron chi connectivity index (χ0n) is 20.9. The highest BCUT2D eigenvalue weighted by Crippen LogP contribution is 2.23. The standard InChI is InChI=1S/C23H30O9.C2H6.CH4O/c24-11-15-10-16(26)20(27)17(31-15)3-1-2-13-4-6-14(7-5-13)8-9-18-21(28)23(30)22(29)19(12-25)32-18;2*1-2/h1-2,4-7,15-30H,3,10-12H2;1-2H3;2H,1H3/b2-1+;;/t15?,16?,17-,18?,19?,20?,21?,22-,23?;;/m1../s1. The Morgan fingerprint density at radius 1 is 0.833 bits per heavy atom. The van der Waals surface area contributed by atoms with Crippen LogP contribution >= 0.6 is 0 Å². The highest BCUT2D eigenvalue weighted by Gasteiger charge is 2.42. The summed E-state index contributed by atoms with van der Waals surface area (Å²) in [4.78, 5) is 0. The quantitative estimate of drug-likeness (QED) is 0.223. The average Bonchev–Trinajstić information content (AvgIpc) is 2.92. The van der Waals surface area contributed by atoms with Crippen LogP contribution in [0.4, 0.5) is 0 Å². The van der Waals surface area contributed by atoms with E-state index < -0.39 is 61.5 Å². The lowest BCUT2D eigenvalue weighted by Crippen LogP contribution is -2.58. The molecule has 1 aromatic rings. The highest BCUT2D eigenvalue weighted by molar-refractivity contribution is 5.51. The third-order valence-electron chi connectivity index (χ3n) is 5.69. The molecule has 0 aliphatic carbocycles. The minimum Gasteiger partial charge on any atom is -0.400 e. The predicted molar refractivity (Wildman–Crippen MR) is 133 cm³/mol.